The summed E-state index contributed by atoms with van der Waals surface area (Å²) in [6, 6.07) is 13.2. The predicted molar refractivity (Wildman–Crippen MR) is 85.0 cm³/mol. The number of benzene rings is 2. The Kier molecular flexibility index (Phi) is 5.05. The molecule has 5 nitrogen and oxygen atoms in total. The fourth-order valence-electron chi connectivity index (χ4n) is 2.21. The SMILES string of the molecule is COc1ccc(S(=O)(=O)[C@H](CN)c2cccc(OC)c2)cc1. The number of hydrogen-bond donors (Lipinski definition) is 1. The van der Waals surface area contributed by atoms with Crippen LogP contribution in [0.2, 0.25) is 0 Å². The van der Waals surface area contributed by atoms with Crippen molar-refractivity contribution in [3.05, 3.63) is 54.1 Å². The first-order valence-electron chi connectivity index (χ1n) is 6.75. The molecular formula is C16H19NO4S. The predicted octanol–water partition coefficient (Wildman–Crippen LogP) is 2.18. The fourth-order valence-corrected chi connectivity index (χ4v) is 3.82. The van der Waals surface area contributed by atoms with Crippen LogP contribution in [0.4, 0.5) is 0 Å². The van der Waals surface area contributed by atoms with Crippen molar-refractivity contribution < 1.29 is 17.9 Å². The lowest BCUT2D eigenvalue weighted by Gasteiger charge is -2.17. The standard InChI is InChI=1S/C16H19NO4S/c1-20-13-6-8-15(9-7-13)22(18,19)16(11-17)12-4-3-5-14(10-12)21-2/h3-10,16H,11,17H2,1-2H3/t16-/m1/s1. The second kappa shape index (κ2) is 6.81. The Morgan fingerprint density at radius 1 is 1.00 bits per heavy atom. The van der Waals surface area contributed by atoms with Crippen LogP contribution in [0, 0.1) is 0 Å². The van der Waals surface area contributed by atoms with Gasteiger partial charge in [-0.05, 0) is 42.0 Å². The highest BCUT2D eigenvalue weighted by Crippen LogP contribution is 2.30. The van der Waals surface area contributed by atoms with Gasteiger partial charge in [0.25, 0.3) is 0 Å². The lowest BCUT2D eigenvalue weighted by molar-refractivity contribution is 0.414. The van der Waals surface area contributed by atoms with Gasteiger partial charge in [0.2, 0.25) is 0 Å². The Labute approximate surface area is 130 Å². The summed E-state index contributed by atoms with van der Waals surface area (Å²) >= 11 is 0. The summed E-state index contributed by atoms with van der Waals surface area (Å²) in [6.45, 7) is -0.0124. The van der Waals surface area contributed by atoms with Crippen LogP contribution >= 0.6 is 0 Å². The highest BCUT2D eigenvalue weighted by Gasteiger charge is 2.28. The average molecular weight is 321 g/mol. The van der Waals surface area contributed by atoms with Crippen LogP contribution in [0.25, 0.3) is 0 Å². The molecule has 0 saturated heterocycles. The third-order valence-electron chi connectivity index (χ3n) is 3.44. The summed E-state index contributed by atoms with van der Waals surface area (Å²) in [5.41, 5.74) is 6.34. The lowest BCUT2D eigenvalue weighted by Crippen LogP contribution is -2.22. The van der Waals surface area contributed by atoms with Gasteiger partial charge in [0.15, 0.2) is 9.84 Å². The number of hydrogen-bond acceptors (Lipinski definition) is 5. The van der Waals surface area contributed by atoms with E-state index in [0.29, 0.717) is 17.1 Å². The highest BCUT2D eigenvalue weighted by molar-refractivity contribution is 7.91. The molecule has 0 saturated carbocycles. The van der Waals surface area contributed by atoms with Gasteiger partial charge >= 0.3 is 0 Å². The van der Waals surface area contributed by atoms with Gasteiger partial charge in [-0.3, -0.25) is 0 Å². The quantitative estimate of drug-likeness (QED) is 0.882. The van der Waals surface area contributed by atoms with E-state index in [2.05, 4.69) is 0 Å². The average Bonchev–Trinajstić information content (AvgIpc) is 2.55. The van der Waals surface area contributed by atoms with Crippen LogP contribution in [-0.2, 0) is 9.84 Å². The van der Waals surface area contributed by atoms with Gasteiger partial charge in [0.05, 0.1) is 19.1 Å². The first-order valence-corrected chi connectivity index (χ1v) is 8.29. The van der Waals surface area contributed by atoms with Gasteiger partial charge in [0.1, 0.15) is 16.7 Å². The molecule has 2 N–H and O–H groups in total. The Morgan fingerprint density at radius 3 is 2.18 bits per heavy atom. The molecule has 0 fully saturated rings. The van der Waals surface area contributed by atoms with E-state index in [9.17, 15) is 8.42 Å². The van der Waals surface area contributed by atoms with E-state index < -0.39 is 15.1 Å². The lowest BCUT2D eigenvalue weighted by atomic mass is 10.1. The first kappa shape index (κ1) is 16.3. The molecule has 0 aliphatic rings. The van der Waals surface area contributed by atoms with Crippen LogP contribution in [0.3, 0.4) is 0 Å². The molecule has 0 heterocycles. The van der Waals surface area contributed by atoms with Crippen molar-refractivity contribution in [2.45, 2.75) is 10.1 Å². The minimum Gasteiger partial charge on any atom is -0.497 e. The van der Waals surface area contributed by atoms with Gasteiger partial charge in [-0.15, -0.1) is 0 Å². The van der Waals surface area contributed by atoms with Crippen LogP contribution in [-0.4, -0.2) is 29.2 Å². The molecule has 0 unspecified atom stereocenters. The highest BCUT2D eigenvalue weighted by atomic mass is 32.2. The normalized spacial score (nSPS) is 12.7. The van der Waals surface area contributed by atoms with Crippen LogP contribution in [0.5, 0.6) is 11.5 Å². The topological polar surface area (TPSA) is 78.6 Å². The summed E-state index contributed by atoms with van der Waals surface area (Å²) in [5.74, 6) is 1.20. The van der Waals surface area contributed by atoms with E-state index in [1.54, 1.807) is 36.4 Å². The molecule has 0 spiro atoms. The zero-order chi connectivity index (χ0) is 16.2. The molecule has 2 aromatic carbocycles. The second-order valence-corrected chi connectivity index (χ2v) is 6.85. The van der Waals surface area contributed by atoms with Crippen molar-refractivity contribution in [1.82, 2.24) is 0 Å². The summed E-state index contributed by atoms with van der Waals surface area (Å²) in [5, 5.41) is -0.823. The van der Waals surface area contributed by atoms with Gasteiger partial charge in [-0.1, -0.05) is 12.1 Å². The molecule has 22 heavy (non-hydrogen) atoms. The maximum Gasteiger partial charge on any atom is 0.186 e. The third kappa shape index (κ3) is 3.23. The van der Waals surface area contributed by atoms with Crippen LogP contribution in [0.15, 0.2) is 53.4 Å². The molecule has 0 amide bonds. The minimum absolute atomic E-state index is 0.0124. The Balaban J connectivity index is 2.43. The molecule has 0 aromatic heterocycles. The summed E-state index contributed by atoms with van der Waals surface area (Å²) < 4.78 is 35.8. The van der Waals surface area contributed by atoms with Gasteiger partial charge in [0, 0.05) is 6.54 Å². The van der Waals surface area contributed by atoms with Crippen molar-refractivity contribution in [3.63, 3.8) is 0 Å². The van der Waals surface area contributed by atoms with E-state index in [1.807, 2.05) is 0 Å². The second-order valence-electron chi connectivity index (χ2n) is 4.72. The van der Waals surface area contributed by atoms with Gasteiger partial charge < -0.3 is 15.2 Å². The molecule has 1 atom stereocenters. The Morgan fingerprint density at radius 2 is 1.64 bits per heavy atom. The molecule has 0 radical (unpaired) electrons. The summed E-state index contributed by atoms with van der Waals surface area (Å²) in [4.78, 5) is 0.214. The Hall–Kier alpha value is -2.05. The zero-order valence-electron chi connectivity index (χ0n) is 12.5. The van der Waals surface area contributed by atoms with E-state index in [4.69, 9.17) is 15.2 Å². The van der Waals surface area contributed by atoms with Crippen LogP contribution in [0.1, 0.15) is 10.8 Å². The third-order valence-corrected chi connectivity index (χ3v) is 5.59. The van der Waals surface area contributed by atoms with Crippen LogP contribution < -0.4 is 15.2 Å². The van der Waals surface area contributed by atoms with Gasteiger partial charge in [-0.25, -0.2) is 8.42 Å². The number of rotatable bonds is 6. The van der Waals surface area contributed by atoms with E-state index in [-0.39, 0.29) is 11.4 Å². The molecule has 0 aliphatic heterocycles. The molecule has 118 valence electrons. The molecule has 0 bridgehead atoms. The maximum atomic E-state index is 12.8. The van der Waals surface area contributed by atoms with Gasteiger partial charge in [-0.2, -0.15) is 0 Å². The van der Waals surface area contributed by atoms with Crippen molar-refractivity contribution in [3.8, 4) is 11.5 Å². The van der Waals surface area contributed by atoms with Crippen molar-refractivity contribution in [1.29, 1.82) is 0 Å². The number of ether oxygens (including phenoxy) is 2. The molecule has 2 rings (SSSR count). The van der Waals surface area contributed by atoms with E-state index in [0.717, 1.165) is 0 Å². The van der Waals surface area contributed by atoms with Crippen molar-refractivity contribution in [2.75, 3.05) is 20.8 Å². The zero-order valence-corrected chi connectivity index (χ0v) is 13.3. The number of sulfone groups is 1. The monoisotopic (exact) mass is 321 g/mol. The minimum atomic E-state index is -3.59. The Bertz CT molecular complexity index is 726. The summed E-state index contributed by atoms with van der Waals surface area (Å²) in [7, 11) is -0.524. The number of nitrogens with two attached hydrogens (primary N) is 1. The first-order chi connectivity index (χ1) is 10.5. The molecule has 2 aromatic rings. The smallest absolute Gasteiger partial charge is 0.186 e. The largest absolute Gasteiger partial charge is 0.497 e. The molecule has 6 heteroatoms. The van der Waals surface area contributed by atoms with E-state index in [1.165, 1.54) is 26.4 Å². The number of methoxy groups -OCH3 is 2. The van der Waals surface area contributed by atoms with E-state index >= 15 is 0 Å². The van der Waals surface area contributed by atoms with Crippen molar-refractivity contribution in [2.24, 2.45) is 5.73 Å². The molecular weight excluding hydrogens is 302 g/mol. The maximum absolute atomic E-state index is 12.8. The molecule has 0 aliphatic carbocycles. The fraction of sp³-hybridized carbons (Fsp3) is 0.250. The summed E-state index contributed by atoms with van der Waals surface area (Å²) in [6.07, 6.45) is 0. The van der Waals surface area contributed by atoms with Crippen molar-refractivity contribution >= 4 is 9.84 Å².